The molecule has 2 aromatic heterocycles. The van der Waals surface area contributed by atoms with Gasteiger partial charge in [-0.2, -0.15) is 0 Å². The summed E-state index contributed by atoms with van der Waals surface area (Å²) in [6.07, 6.45) is 4.47. The van der Waals surface area contributed by atoms with Crippen LogP contribution in [0.4, 0.5) is 0 Å². The molecule has 3 nitrogen and oxygen atoms in total. The number of aryl methyl sites for hydroxylation is 1. The van der Waals surface area contributed by atoms with E-state index in [0.29, 0.717) is 11.1 Å². The minimum absolute atomic E-state index is 0.0186. The first-order valence-corrected chi connectivity index (χ1v) is 5.00. The molecule has 0 unspecified atom stereocenters. The molecule has 0 amide bonds. The largest absolute Gasteiger partial charge is 0.288 e. The molecule has 0 aliphatic heterocycles. The predicted octanol–water partition coefficient (Wildman–Crippen LogP) is 2.08. The third-order valence-electron chi connectivity index (χ3n) is 1.82. The smallest absolute Gasteiger partial charge is 0.196 e. The molecule has 0 spiro atoms. The topological polar surface area (TPSA) is 42.9 Å². The van der Waals surface area contributed by atoms with E-state index in [9.17, 15) is 4.79 Å². The van der Waals surface area contributed by atoms with Crippen LogP contribution in [0, 0.1) is 6.92 Å². The zero-order valence-corrected chi connectivity index (χ0v) is 8.41. The maximum atomic E-state index is 11.8. The third kappa shape index (κ3) is 1.70. The van der Waals surface area contributed by atoms with Crippen molar-refractivity contribution in [2.24, 2.45) is 0 Å². The number of hydrogen-bond donors (Lipinski definition) is 0. The molecule has 0 aliphatic carbocycles. The molecule has 0 atom stereocenters. The first-order valence-electron chi connectivity index (χ1n) is 4.12. The molecule has 14 heavy (non-hydrogen) atoms. The average molecular weight is 204 g/mol. The first-order chi connectivity index (χ1) is 6.77. The van der Waals surface area contributed by atoms with Crippen LogP contribution < -0.4 is 0 Å². The van der Waals surface area contributed by atoms with E-state index in [1.165, 1.54) is 18.7 Å². The van der Waals surface area contributed by atoms with Crippen LogP contribution in [0.2, 0.25) is 0 Å². The molecule has 0 N–H and O–H groups in total. The lowest BCUT2D eigenvalue weighted by Gasteiger charge is -1.94. The summed E-state index contributed by atoms with van der Waals surface area (Å²) in [5.41, 5.74) is 1.24. The van der Waals surface area contributed by atoms with Gasteiger partial charge in [0.1, 0.15) is 6.33 Å². The fourth-order valence-corrected chi connectivity index (χ4v) is 1.83. The molecule has 0 bridgehead atoms. The monoisotopic (exact) mass is 204 g/mol. The van der Waals surface area contributed by atoms with Crippen LogP contribution >= 0.6 is 11.3 Å². The number of ketones is 1. The van der Waals surface area contributed by atoms with Crippen LogP contribution in [0.15, 0.2) is 30.2 Å². The van der Waals surface area contributed by atoms with E-state index in [4.69, 9.17) is 0 Å². The fourth-order valence-electron chi connectivity index (χ4n) is 1.15. The second-order valence-electron chi connectivity index (χ2n) is 2.90. The van der Waals surface area contributed by atoms with Gasteiger partial charge in [-0.25, -0.2) is 9.97 Å². The van der Waals surface area contributed by atoms with E-state index in [1.807, 2.05) is 18.4 Å². The number of hydrogen-bond acceptors (Lipinski definition) is 4. The Morgan fingerprint density at radius 2 is 2.00 bits per heavy atom. The van der Waals surface area contributed by atoms with Crippen molar-refractivity contribution in [2.75, 3.05) is 0 Å². The highest BCUT2D eigenvalue weighted by atomic mass is 32.1. The second kappa shape index (κ2) is 3.67. The van der Waals surface area contributed by atoms with Crippen LogP contribution in [-0.4, -0.2) is 15.8 Å². The molecular weight excluding hydrogens is 196 g/mol. The molecule has 0 aliphatic rings. The van der Waals surface area contributed by atoms with Crippen molar-refractivity contribution in [3.8, 4) is 0 Å². The summed E-state index contributed by atoms with van der Waals surface area (Å²) in [7, 11) is 0. The van der Waals surface area contributed by atoms with Gasteiger partial charge in [0.2, 0.25) is 0 Å². The SMILES string of the molecule is Cc1cc(C(=O)c2cncnc2)cs1. The van der Waals surface area contributed by atoms with Crippen molar-refractivity contribution in [3.63, 3.8) is 0 Å². The predicted molar refractivity (Wildman–Crippen MR) is 54.5 cm³/mol. The number of aromatic nitrogens is 2. The Morgan fingerprint density at radius 3 is 2.57 bits per heavy atom. The van der Waals surface area contributed by atoms with Crippen molar-refractivity contribution in [2.45, 2.75) is 6.92 Å². The van der Waals surface area contributed by atoms with Crippen LogP contribution in [0.3, 0.4) is 0 Å². The van der Waals surface area contributed by atoms with Gasteiger partial charge < -0.3 is 0 Å². The molecule has 0 saturated carbocycles. The quantitative estimate of drug-likeness (QED) is 0.703. The Morgan fingerprint density at radius 1 is 1.29 bits per heavy atom. The van der Waals surface area contributed by atoms with Gasteiger partial charge in [0, 0.05) is 28.2 Å². The maximum Gasteiger partial charge on any atom is 0.196 e. The highest BCUT2D eigenvalue weighted by Gasteiger charge is 2.10. The number of rotatable bonds is 2. The molecule has 2 heterocycles. The minimum atomic E-state index is -0.0186. The number of carbonyl (C=O) groups is 1. The van der Waals surface area contributed by atoms with E-state index in [-0.39, 0.29) is 5.78 Å². The molecule has 0 fully saturated rings. The zero-order valence-electron chi connectivity index (χ0n) is 7.60. The first kappa shape index (κ1) is 9.02. The van der Waals surface area contributed by atoms with Crippen molar-refractivity contribution in [1.82, 2.24) is 9.97 Å². The lowest BCUT2D eigenvalue weighted by atomic mass is 10.1. The van der Waals surface area contributed by atoms with Crippen LogP contribution in [-0.2, 0) is 0 Å². The molecule has 0 saturated heterocycles. The Balaban J connectivity index is 2.34. The van der Waals surface area contributed by atoms with Crippen LogP contribution in [0.5, 0.6) is 0 Å². The normalized spacial score (nSPS) is 10.1. The Hall–Kier alpha value is -1.55. The van der Waals surface area contributed by atoms with E-state index < -0.39 is 0 Å². The van der Waals surface area contributed by atoms with E-state index in [1.54, 1.807) is 11.3 Å². The van der Waals surface area contributed by atoms with Crippen LogP contribution in [0.1, 0.15) is 20.8 Å². The summed E-state index contributed by atoms with van der Waals surface area (Å²) in [4.78, 5) is 20.5. The van der Waals surface area contributed by atoms with Gasteiger partial charge in [-0.3, -0.25) is 4.79 Å². The van der Waals surface area contributed by atoms with Crippen molar-refractivity contribution < 1.29 is 4.79 Å². The average Bonchev–Trinajstić information content (AvgIpc) is 2.65. The van der Waals surface area contributed by atoms with Crippen molar-refractivity contribution >= 4 is 17.1 Å². The van der Waals surface area contributed by atoms with E-state index in [2.05, 4.69) is 9.97 Å². The Kier molecular flexibility index (Phi) is 2.37. The summed E-state index contributed by atoms with van der Waals surface area (Å²) >= 11 is 1.57. The van der Waals surface area contributed by atoms with Gasteiger partial charge in [0.25, 0.3) is 0 Å². The maximum absolute atomic E-state index is 11.8. The Bertz CT molecular complexity index is 450. The second-order valence-corrected chi connectivity index (χ2v) is 4.02. The van der Waals surface area contributed by atoms with Crippen LogP contribution in [0.25, 0.3) is 0 Å². The molecule has 4 heteroatoms. The molecule has 2 aromatic rings. The van der Waals surface area contributed by atoms with Crippen molar-refractivity contribution in [1.29, 1.82) is 0 Å². The highest BCUT2D eigenvalue weighted by molar-refractivity contribution is 7.10. The summed E-state index contributed by atoms with van der Waals surface area (Å²) in [5, 5.41) is 1.85. The van der Waals surface area contributed by atoms with E-state index in [0.717, 1.165) is 4.88 Å². The Labute approximate surface area is 85.5 Å². The summed E-state index contributed by atoms with van der Waals surface area (Å²) in [6, 6.07) is 1.88. The lowest BCUT2D eigenvalue weighted by Crippen LogP contribution is -2.00. The standard InChI is InChI=1S/C10H8N2OS/c1-7-2-8(5-14-7)10(13)9-3-11-6-12-4-9/h2-6H,1H3. The van der Waals surface area contributed by atoms with E-state index >= 15 is 0 Å². The van der Waals surface area contributed by atoms with Gasteiger partial charge >= 0.3 is 0 Å². The number of carbonyl (C=O) groups excluding carboxylic acids is 1. The third-order valence-corrected chi connectivity index (χ3v) is 2.68. The molecule has 0 radical (unpaired) electrons. The number of nitrogens with zero attached hydrogens (tertiary/aromatic N) is 2. The van der Waals surface area contributed by atoms with Gasteiger partial charge in [-0.05, 0) is 13.0 Å². The van der Waals surface area contributed by atoms with Gasteiger partial charge in [-0.15, -0.1) is 11.3 Å². The molecule has 0 aromatic carbocycles. The molecule has 2 rings (SSSR count). The summed E-state index contributed by atoms with van der Waals surface area (Å²) < 4.78 is 0. The highest BCUT2D eigenvalue weighted by Crippen LogP contribution is 2.16. The summed E-state index contributed by atoms with van der Waals surface area (Å²) in [5.74, 6) is -0.0186. The lowest BCUT2D eigenvalue weighted by molar-refractivity contribution is 0.103. The van der Waals surface area contributed by atoms with Crippen molar-refractivity contribution in [3.05, 3.63) is 46.2 Å². The minimum Gasteiger partial charge on any atom is -0.288 e. The van der Waals surface area contributed by atoms with Gasteiger partial charge in [0.05, 0.1) is 5.56 Å². The zero-order chi connectivity index (χ0) is 9.97. The fraction of sp³-hybridized carbons (Fsp3) is 0.100. The van der Waals surface area contributed by atoms with Gasteiger partial charge in [0.15, 0.2) is 5.78 Å². The molecule has 70 valence electrons. The number of thiophene rings is 1. The molecular formula is C10H8N2OS. The van der Waals surface area contributed by atoms with Gasteiger partial charge in [-0.1, -0.05) is 0 Å². The summed E-state index contributed by atoms with van der Waals surface area (Å²) in [6.45, 7) is 1.98.